The fourth-order valence-corrected chi connectivity index (χ4v) is 1.94. The van der Waals surface area contributed by atoms with E-state index in [1.54, 1.807) is 0 Å². The van der Waals surface area contributed by atoms with Crippen molar-refractivity contribution in [2.45, 2.75) is 65.2 Å². The molecule has 0 unspecified atom stereocenters. The molecule has 1 nitrogen and oxygen atoms in total. The lowest BCUT2D eigenvalue weighted by atomic mass is 10.2. The molecule has 0 heterocycles. The summed E-state index contributed by atoms with van der Waals surface area (Å²) in [6.45, 7) is 12.2. The van der Waals surface area contributed by atoms with Crippen LogP contribution in [0.15, 0.2) is 12.7 Å². The maximum absolute atomic E-state index is 3.79. The van der Waals surface area contributed by atoms with Gasteiger partial charge >= 0.3 is 0 Å². The Hall–Kier alpha value is -0.300. The van der Waals surface area contributed by atoms with Gasteiger partial charge in [0.15, 0.2) is 0 Å². The van der Waals surface area contributed by atoms with Crippen molar-refractivity contribution in [1.29, 1.82) is 0 Å². The minimum atomic E-state index is 1.16. The van der Waals surface area contributed by atoms with Crippen molar-refractivity contribution in [2.75, 3.05) is 19.6 Å². The molecule has 0 fully saturated rings. The topological polar surface area (TPSA) is 3.24 Å². The molecule has 0 aromatic heterocycles. The second-order valence-electron chi connectivity index (χ2n) is 4.69. The number of rotatable bonds is 12. The predicted molar refractivity (Wildman–Crippen MR) is 74.9 cm³/mol. The maximum atomic E-state index is 3.79. The molecule has 0 saturated heterocycles. The zero-order chi connectivity index (χ0) is 12.1. The summed E-state index contributed by atoms with van der Waals surface area (Å²) in [6, 6.07) is 0. The summed E-state index contributed by atoms with van der Waals surface area (Å²) >= 11 is 0. The molecular formula is C15H31N. The van der Waals surface area contributed by atoms with E-state index in [9.17, 15) is 0 Å². The number of nitrogens with zero attached hydrogens (tertiary/aromatic N) is 1. The van der Waals surface area contributed by atoms with Crippen molar-refractivity contribution >= 4 is 0 Å². The fraction of sp³-hybridized carbons (Fsp3) is 0.867. The molecule has 0 amide bonds. The van der Waals surface area contributed by atoms with E-state index in [-0.39, 0.29) is 0 Å². The average Bonchev–Trinajstić information content (AvgIpc) is 2.31. The van der Waals surface area contributed by atoms with E-state index >= 15 is 0 Å². The molecule has 0 aliphatic carbocycles. The number of allylic oxidation sites excluding steroid dienone is 1. The van der Waals surface area contributed by atoms with E-state index in [1.165, 1.54) is 64.6 Å². The van der Waals surface area contributed by atoms with E-state index < -0.39 is 0 Å². The van der Waals surface area contributed by atoms with Crippen LogP contribution in [0.4, 0.5) is 0 Å². The van der Waals surface area contributed by atoms with E-state index in [1.807, 2.05) is 6.08 Å². The highest BCUT2D eigenvalue weighted by Gasteiger charge is 2.02. The smallest absolute Gasteiger partial charge is 0.00158 e. The zero-order valence-corrected chi connectivity index (χ0v) is 11.5. The van der Waals surface area contributed by atoms with Gasteiger partial charge in [0.1, 0.15) is 0 Å². The molecule has 0 saturated carbocycles. The average molecular weight is 225 g/mol. The summed E-state index contributed by atoms with van der Waals surface area (Å²) in [4.78, 5) is 2.64. The normalized spacial score (nSPS) is 10.9. The van der Waals surface area contributed by atoms with Crippen molar-refractivity contribution in [2.24, 2.45) is 0 Å². The Bertz CT molecular complexity index is 142. The number of hydrogen-bond donors (Lipinski definition) is 0. The standard InChI is InChI=1S/C15H31N/c1-4-7-10-12-15-16(13-9-6-3)14-11-8-5-2/h5H,2,4,6-15H2,1,3H3. The third-order valence-corrected chi connectivity index (χ3v) is 3.04. The minimum Gasteiger partial charge on any atom is -0.303 e. The molecular weight excluding hydrogens is 194 g/mol. The van der Waals surface area contributed by atoms with E-state index in [0.29, 0.717) is 0 Å². The van der Waals surface area contributed by atoms with E-state index in [4.69, 9.17) is 0 Å². The first-order valence-electron chi connectivity index (χ1n) is 7.18. The molecule has 0 aromatic rings. The second-order valence-corrected chi connectivity index (χ2v) is 4.69. The predicted octanol–water partition coefficient (Wildman–Crippen LogP) is 4.64. The highest BCUT2D eigenvalue weighted by molar-refractivity contribution is 4.68. The Morgan fingerprint density at radius 1 is 0.812 bits per heavy atom. The van der Waals surface area contributed by atoms with Gasteiger partial charge in [0.25, 0.3) is 0 Å². The lowest BCUT2D eigenvalue weighted by Crippen LogP contribution is -2.27. The van der Waals surface area contributed by atoms with Gasteiger partial charge in [-0.2, -0.15) is 0 Å². The SMILES string of the molecule is C=CCCCN(CCCC)CCCCCC. The molecule has 0 radical (unpaired) electrons. The molecule has 16 heavy (non-hydrogen) atoms. The molecule has 96 valence electrons. The summed E-state index contributed by atoms with van der Waals surface area (Å²) in [5.41, 5.74) is 0. The Morgan fingerprint density at radius 3 is 2.06 bits per heavy atom. The molecule has 0 aliphatic heterocycles. The van der Waals surface area contributed by atoms with Crippen LogP contribution < -0.4 is 0 Å². The lowest BCUT2D eigenvalue weighted by molar-refractivity contribution is 0.260. The van der Waals surface area contributed by atoms with Crippen LogP contribution in [-0.4, -0.2) is 24.5 Å². The number of hydrogen-bond acceptors (Lipinski definition) is 1. The van der Waals surface area contributed by atoms with E-state index in [0.717, 1.165) is 6.42 Å². The molecule has 0 rings (SSSR count). The minimum absolute atomic E-state index is 1.16. The van der Waals surface area contributed by atoms with Gasteiger partial charge in [0.05, 0.1) is 0 Å². The van der Waals surface area contributed by atoms with Crippen LogP contribution in [0.25, 0.3) is 0 Å². The summed E-state index contributed by atoms with van der Waals surface area (Å²) in [6.07, 6.45) is 12.7. The molecule has 0 spiro atoms. The van der Waals surface area contributed by atoms with Crippen molar-refractivity contribution in [3.8, 4) is 0 Å². The van der Waals surface area contributed by atoms with Crippen molar-refractivity contribution in [3.63, 3.8) is 0 Å². The highest BCUT2D eigenvalue weighted by atomic mass is 15.1. The first-order valence-corrected chi connectivity index (χ1v) is 7.18. The molecule has 1 heteroatoms. The Morgan fingerprint density at radius 2 is 1.44 bits per heavy atom. The van der Waals surface area contributed by atoms with Gasteiger partial charge in [-0.25, -0.2) is 0 Å². The van der Waals surface area contributed by atoms with Crippen LogP contribution in [-0.2, 0) is 0 Å². The zero-order valence-electron chi connectivity index (χ0n) is 11.5. The third-order valence-electron chi connectivity index (χ3n) is 3.04. The first-order chi connectivity index (χ1) is 7.85. The highest BCUT2D eigenvalue weighted by Crippen LogP contribution is 2.05. The Labute approximate surface area is 103 Å². The van der Waals surface area contributed by atoms with Gasteiger partial charge in [-0.15, -0.1) is 6.58 Å². The summed E-state index contributed by atoms with van der Waals surface area (Å²) in [7, 11) is 0. The monoisotopic (exact) mass is 225 g/mol. The van der Waals surface area contributed by atoms with Crippen molar-refractivity contribution < 1.29 is 0 Å². The van der Waals surface area contributed by atoms with Crippen LogP contribution in [0.2, 0.25) is 0 Å². The quantitative estimate of drug-likeness (QED) is 0.345. The summed E-state index contributed by atoms with van der Waals surface area (Å²) in [5, 5.41) is 0. The molecule has 0 bridgehead atoms. The van der Waals surface area contributed by atoms with Crippen molar-refractivity contribution in [1.82, 2.24) is 4.90 Å². The van der Waals surface area contributed by atoms with Gasteiger partial charge in [0, 0.05) is 0 Å². The molecule has 0 N–H and O–H groups in total. The van der Waals surface area contributed by atoms with Gasteiger partial charge in [0.2, 0.25) is 0 Å². The summed E-state index contributed by atoms with van der Waals surface area (Å²) in [5.74, 6) is 0. The number of unbranched alkanes of at least 4 members (excludes halogenated alkanes) is 5. The van der Waals surface area contributed by atoms with Crippen LogP contribution in [0.3, 0.4) is 0 Å². The molecule has 0 aromatic carbocycles. The largest absolute Gasteiger partial charge is 0.303 e. The Kier molecular flexibility index (Phi) is 12.5. The third kappa shape index (κ3) is 10.2. The maximum Gasteiger partial charge on any atom is -0.00158 e. The molecule has 0 atom stereocenters. The second kappa shape index (κ2) is 12.8. The van der Waals surface area contributed by atoms with Crippen LogP contribution in [0.5, 0.6) is 0 Å². The van der Waals surface area contributed by atoms with Crippen molar-refractivity contribution in [3.05, 3.63) is 12.7 Å². The van der Waals surface area contributed by atoms with Crippen LogP contribution >= 0.6 is 0 Å². The van der Waals surface area contributed by atoms with E-state index in [2.05, 4.69) is 25.3 Å². The lowest BCUT2D eigenvalue weighted by Gasteiger charge is -2.21. The summed E-state index contributed by atoms with van der Waals surface area (Å²) < 4.78 is 0. The van der Waals surface area contributed by atoms with Gasteiger partial charge in [-0.1, -0.05) is 45.6 Å². The Balaban J connectivity index is 3.58. The fourth-order valence-electron chi connectivity index (χ4n) is 1.94. The van der Waals surface area contributed by atoms with Gasteiger partial charge < -0.3 is 4.90 Å². The van der Waals surface area contributed by atoms with Gasteiger partial charge in [-0.3, -0.25) is 0 Å². The van der Waals surface area contributed by atoms with Crippen LogP contribution in [0, 0.1) is 0 Å². The van der Waals surface area contributed by atoms with Crippen LogP contribution in [0.1, 0.15) is 65.2 Å². The first kappa shape index (κ1) is 15.7. The van der Waals surface area contributed by atoms with Gasteiger partial charge in [-0.05, 0) is 45.3 Å². The molecule has 0 aliphatic rings.